The molecule has 3 N–H and O–H groups in total. The third kappa shape index (κ3) is 3.96. The monoisotopic (exact) mass is 324 g/mol. The van der Waals surface area contributed by atoms with Crippen LogP contribution in [0.25, 0.3) is 0 Å². The minimum atomic E-state index is 0.0795. The highest BCUT2D eigenvalue weighted by Crippen LogP contribution is 2.30. The normalized spacial score (nSPS) is 15.7. The average Bonchev–Trinajstić information content (AvgIpc) is 2.86. The number of rotatable bonds is 4. The molecule has 0 aliphatic heterocycles. The lowest BCUT2D eigenvalue weighted by Crippen LogP contribution is -2.13. The Labute approximate surface area is 123 Å². The second kappa shape index (κ2) is 6.42. The summed E-state index contributed by atoms with van der Waals surface area (Å²) in [6.45, 7) is 1.95. The van der Waals surface area contributed by atoms with E-state index in [-0.39, 0.29) is 5.91 Å². The molecule has 4 heteroatoms. The number of halogens is 1. The number of nitrogen functional groups attached to an aromatic ring is 1. The van der Waals surface area contributed by atoms with Crippen LogP contribution < -0.4 is 11.1 Å². The van der Waals surface area contributed by atoms with Gasteiger partial charge < -0.3 is 11.1 Å². The van der Waals surface area contributed by atoms with Gasteiger partial charge in [-0.05, 0) is 52.9 Å². The van der Waals surface area contributed by atoms with E-state index in [0.717, 1.165) is 28.1 Å². The molecule has 0 bridgehead atoms. The first-order chi connectivity index (χ1) is 9.06. The number of aryl methyl sites for hydroxylation is 1. The van der Waals surface area contributed by atoms with Crippen LogP contribution in [0.2, 0.25) is 0 Å². The van der Waals surface area contributed by atoms with E-state index in [1.807, 2.05) is 19.1 Å². The molecule has 1 fully saturated rings. The van der Waals surface area contributed by atoms with E-state index in [0.29, 0.717) is 12.1 Å². The van der Waals surface area contributed by atoms with E-state index < -0.39 is 0 Å². The van der Waals surface area contributed by atoms with Crippen molar-refractivity contribution in [3.8, 4) is 0 Å². The highest BCUT2D eigenvalue weighted by Gasteiger charge is 2.16. The number of nitrogens with one attached hydrogen (secondary N) is 1. The zero-order valence-electron chi connectivity index (χ0n) is 11.3. The van der Waals surface area contributed by atoms with Crippen LogP contribution in [0.15, 0.2) is 16.6 Å². The summed E-state index contributed by atoms with van der Waals surface area (Å²) in [5, 5.41) is 2.94. The van der Waals surface area contributed by atoms with Gasteiger partial charge in [-0.2, -0.15) is 0 Å². The predicted molar refractivity (Wildman–Crippen MR) is 83.1 cm³/mol. The van der Waals surface area contributed by atoms with Gasteiger partial charge in [-0.3, -0.25) is 4.79 Å². The van der Waals surface area contributed by atoms with E-state index in [1.165, 1.54) is 25.7 Å². The molecule has 1 amide bonds. The van der Waals surface area contributed by atoms with E-state index in [1.54, 1.807) is 0 Å². The summed E-state index contributed by atoms with van der Waals surface area (Å²) in [4.78, 5) is 11.9. The lowest BCUT2D eigenvalue weighted by atomic mass is 10.0. The zero-order valence-corrected chi connectivity index (χ0v) is 12.9. The molecule has 1 aromatic rings. The second-order valence-corrected chi connectivity index (χ2v) is 6.28. The topological polar surface area (TPSA) is 55.1 Å². The molecular formula is C15H21BrN2O. The molecule has 3 nitrogen and oxygen atoms in total. The summed E-state index contributed by atoms with van der Waals surface area (Å²) in [6, 6.07) is 3.74. The van der Waals surface area contributed by atoms with Gasteiger partial charge in [0.1, 0.15) is 0 Å². The first kappa shape index (κ1) is 14.4. The van der Waals surface area contributed by atoms with Crippen molar-refractivity contribution in [2.45, 2.75) is 45.4 Å². The van der Waals surface area contributed by atoms with Crippen molar-refractivity contribution < 1.29 is 4.79 Å². The number of benzene rings is 1. The molecule has 0 spiro atoms. The maximum Gasteiger partial charge on any atom is 0.224 e. The van der Waals surface area contributed by atoms with Crippen LogP contribution in [0.5, 0.6) is 0 Å². The zero-order chi connectivity index (χ0) is 13.8. The molecule has 0 aromatic heterocycles. The van der Waals surface area contributed by atoms with Crippen LogP contribution in [0.3, 0.4) is 0 Å². The van der Waals surface area contributed by atoms with Gasteiger partial charge in [-0.15, -0.1) is 0 Å². The Morgan fingerprint density at radius 1 is 1.42 bits per heavy atom. The Morgan fingerprint density at radius 2 is 2.11 bits per heavy atom. The maximum absolute atomic E-state index is 11.9. The van der Waals surface area contributed by atoms with E-state index in [9.17, 15) is 4.79 Å². The molecule has 0 heterocycles. The van der Waals surface area contributed by atoms with Crippen LogP contribution in [0, 0.1) is 12.8 Å². The molecule has 0 atom stereocenters. The Balaban J connectivity index is 1.89. The Morgan fingerprint density at radius 3 is 2.79 bits per heavy atom. The van der Waals surface area contributed by atoms with Crippen molar-refractivity contribution in [2.24, 2.45) is 5.92 Å². The summed E-state index contributed by atoms with van der Waals surface area (Å²) >= 11 is 3.46. The Kier molecular flexibility index (Phi) is 4.86. The number of amides is 1. The molecule has 104 valence electrons. The highest BCUT2D eigenvalue weighted by molar-refractivity contribution is 9.10. The number of carbonyl (C=O) groups excluding carboxylic acids is 1. The van der Waals surface area contributed by atoms with Crippen LogP contribution in [-0.2, 0) is 4.79 Å². The second-order valence-electron chi connectivity index (χ2n) is 5.43. The maximum atomic E-state index is 11.9. The molecule has 1 aliphatic rings. The number of hydrogen-bond acceptors (Lipinski definition) is 2. The predicted octanol–water partition coefficient (Wildman–Crippen LogP) is 4.25. The Bertz CT molecular complexity index is 467. The number of anilines is 2. The van der Waals surface area contributed by atoms with E-state index in [4.69, 9.17) is 5.73 Å². The summed E-state index contributed by atoms with van der Waals surface area (Å²) in [7, 11) is 0. The summed E-state index contributed by atoms with van der Waals surface area (Å²) < 4.78 is 0.883. The number of carbonyl (C=O) groups is 1. The largest absolute Gasteiger partial charge is 0.398 e. The minimum absolute atomic E-state index is 0.0795. The number of nitrogens with two attached hydrogens (primary N) is 1. The molecule has 2 rings (SSSR count). The van der Waals surface area contributed by atoms with Gasteiger partial charge in [-0.1, -0.05) is 25.7 Å². The molecule has 1 aromatic carbocycles. The van der Waals surface area contributed by atoms with Crippen molar-refractivity contribution in [3.63, 3.8) is 0 Å². The molecule has 1 saturated carbocycles. The fourth-order valence-corrected chi connectivity index (χ4v) is 3.19. The van der Waals surface area contributed by atoms with Gasteiger partial charge >= 0.3 is 0 Å². The molecule has 0 unspecified atom stereocenters. The standard InChI is InChI=1S/C15H21BrN2O/c1-10-8-12(16)14(9-13(10)17)18-15(19)7-6-11-4-2-3-5-11/h8-9,11H,2-7,17H2,1H3,(H,18,19). The summed E-state index contributed by atoms with van der Waals surface area (Å²) in [5.74, 6) is 0.827. The van der Waals surface area contributed by atoms with Crippen LogP contribution in [-0.4, -0.2) is 5.91 Å². The summed E-state index contributed by atoms with van der Waals surface area (Å²) in [6.07, 6.45) is 6.83. The lowest BCUT2D eigenvalue weighted by molar-refractivity contribution is -0.116. The SMILES string of the molecule is Cc1cc(Br)c(NC(=O)CCC2CCCC2)cc1N. The van der Waals surface area contributed by atoms with Crippen molar-refractivity contribution in [1.82, 2.24) is 0 Å². The van der Waals surface area contributed by atoms with Gasteiger partial charge in [0.2, 0.25) is 5.91 Å². The third-order valence-corrected chi connectivity index (χ3v) is 4.54. The van der Waals surface area contributed by atoms with Gasteiger partial charge in [-0.25, -0.2) is 0 Å². The highest BCUT2D eigenvalue weighted by atomic mass is 79.9. The Hall–Kier alpha value is -1.03. The number of hydrogen-bond donors (Lipinski definition) is 2. The van der Waals surface area contributed by atoms with E-state index in [2.05, 4.69) is 21.2 Å². The molecular weight excluding hydrogens is 304 g/mol. The van der Waals surface area contributed by atoms with Gasteiger partial charge in [0, 0.05) is 16.6 Å². The third-order valence-electron chi connectivity index (χ3n) is 3.88. The molecule has 1 aliphatic carbocycles. The quantitative estimate of drug-likeness (QED) is 0.813. The van der Waals surface area contributed by atoms with Crippen LogP contribution in [0.4, 0.5) is 11.4 Å². The summed E-state index contributed by atoms with van der Waals surface area (Å²) in [5.41, 5.74) is 8.34. The fraction of sp³-hybridized carbons (Fsp3) is 0.533. The molecule has 0 saturated heterocycles. The van der Waals surface area contributed by atoms with Crippen molar-refractivity contribution >= 4 is 33.2 Å². The first-order valence-corrected chi connectivity index (χ1v) is 7.71. The average molecular weight is 325 g/mol. The van der Waals surface area contributed by atoms with Crippen molar-refractivity contribution in [3.05, 3.63) is 22.2 Å². The van der Waals surface area contributed by atoms with Crippen LogP contribution >= 0.6 is 15.9 Å². The van der Waals surface area contributed by atoms with Crippen molar-refractivity contribution in [1.29, 1.82) is 0 Å². The van der Waals surface area contributed by atoms with Crippen molar-refractivity contribution in [2.75, 3.05) is 11.1 Å². The van der Waals surface area contributed by atoms with E-state index >= 15 is 0 Å². The lowest BCUT2D eigenvalue weighted by Gasteiger charge is -2.12. The molecule has 19 heavy (non-hydrogen) atoms. The van der Waals surface area contributed by atoms with Crippen LogP contribution in [0.1, 0.15) is 44.1 Å². The fourth-order valence-electron chi connectivity index (χ4n) is 2.63. The van der Waals surface area contributed by atoms with Gasteiger partial charge in [0.25, 0.3) is 0 Å². The smallest absolute Gasteiger partial charge is 0.224 e. The van der Waals surface area contributed by atoms with Gasteiger partial charge in [0.05, 0.1) is 5.69 Å². The first-order valence-electron chi connectivity index (χ1n) is 6.91. The van der Waals surface area contributed by atoms with Gasteiger partial charge in [0.15, 0.2) is 0 Å². The molecule has 0 radical (unpaired) electrons. The minimum Gasteiger partial charge on any atom is -0.398 e.